The highest BCUT2D eigenvalue weighted by Crippen LogP contribution is 2.21. The Hall–Kier alpha value is -0.240. The van der Waals surface area contributed by atoms with Crippen LogP contribution in [-0.2, 0) is 0 Å². The number of hydrogen-bond donors (Lipinski definition) is 6. The van der Waals surface area contributed by atoms with Crippen LogP contribution in [0.15, 0.2) is 0 Å². The molecule has 4 atom stereocenters. The normalized spacial score (nSPS) is 48.2. The molecule has 0 aliphatic carbocycles. The van der Waals surface area contributed by atoms with Crippen molar-refractivity contribution in [3.63, 3.8) is 0 Å². The Morgan fingerprint density at radius 2 is 1.83 bits per heavy atom. The molecule has 0 bridgehead atoms. The summed E-state index contributed by atoms with van der Waals surface area (Å²) < 4.78 is 0. The molecule has 6 nitrogen and oxygen atoms in total. The summed E-state index contributed by atoms with van der Waals surface area (Å²) in [7, 11) is 0. The van der Waals surface area contributed by atoms with E-state index in [1.165, 1.54) is 0 Å². The molecule has 0 aromatic rings. The van der Waals surface area contributed by atoms with Gasteiger partial charge in [0.25, 0.3) is 0 Å². The van der Waals surface area contributed by atoms with Crippen molar-refractivity contribution in [2.75, 3.05) is 13.2 Å². The monoisotopic (exact) mass is 179 g/mol. The van der Waals surface area contributed by atoms with Crippen molar-refractivity contribution < 1.29 is 25.5 Å². The topological polar surface area (TPSA) is 113 Å². The van der Waals surface area contributed by atoms with Crippen molar-refractivity contribution in [2.24, 2.45) is 0 Å². The van der Waals surface area contributed by atoms with E-state index in [1.54, 1.807) is 0 Å². The summed E-state index contributed by atoms with van der Waals surface area (Å²) in [6.07, 6.45) is -2.76. The molecule has 1 rings (SSSR count). The lowest BCUT2D eigenvalue weighted by Crippen LogP contribution is -2.53. The molecule has 0 aromatic carbocycles. The minimum Gasteiger partial charge on any atom is -0.395 e. The molecule has 12 heavy (non-hydrogen) atoms. The van der Waals surface area contributed by atoms with Crippen molar-refractivity contribution in [3.05, 3.63) is 0 Å². The molecule has 0 unspecified atom stereocenters. The second-order valence-electron chi connectivity index (χ2n) is 2.95. The lowest BCUT2D eigenvalue weighted by molar-refractivity contribution is -0.121. The van der Waals surface area contributed by atoms with Crippen molar-refractivity contribution >= 4 is 0 Å². The van der Waals surface area contributed by atoms with E-state index in [0.717, 1.165) is 0 Å². The van der Waals surface area contributed by atoms with Crippen LogP contribution in [0.2, 0.25) is 0 Å². The number of hydrogen-bond acceptors (Lipinski definition) is 6. The van der Waals surface area contributed by atoms with Gasteiger partial charge in [0.2, 0.25) is 0 Å². The van der Waals surface area contributed by atoms with E-state index in [4.69, 9.17) is 10.2 Å². The lowest BCUT2D eigenvalue weighted by atomic mass is 10.1. The molecule has 1 fully saturated rings. The average molecular weight is 179 g/mol. The molecule has 0 aromatic heterocycles. The highest BCUT2D eigenvalue weighted by atomic mass is 16.4. The number of aliphatic hydroxyl groups is 5. The Bertz CT molecular complexity index is 166. The van der Waals surface area contributed by atoms with Crippen molar-refractivity contribution in [1.82, 2.24) is 5.32 Å². The van der Waals surface area contributed by atoms with Gasteiger partial charge in [0, 0.05) is 0 Å². The second kappa shape index (κ2) is 3.25. The predicted octanol–water partition coefficient (Wildman–Crippen LogP) is -3.65. The first kappa shape index (κ1) is 9.85. The van der Waals surface area contributed by atoms with Crippen molar-refractivity contribution in [3.8, 4) is 0 Å². The summed E-state index contributed by atoms with van der Waals surface area (Å²) in [5, 5.41) is 47.4. The van der Waals surface area contributed by atoms with Gasteiger partial charge in [0.1, 0.15) is 12.2 Å². The van der Waals surface area contributed by atoms with Gasteiger partial charge in [-0.25, -0.2) is 0 Å². The molecule has 6 heteroatoms. The predicted molar refractivity (Wildman–Crippen MR) is 38.1 cm³/mol. The fourth-order valence-corrected chi connectivity index (χ4v) is 1.29. The van der Waals surface area contributed by atoms with Crippen LogP contribution in [0.25, 0.3) is 0 Å². The standard InChI is InChI=1S/C6H13NO5/c8-1-3-4(10)5(11)6(12,2-9)7-3/h3-5,7-12H,1-2H2/t3-,4-,5+,6-/m1/s1. The molecule has 1 saturated heterocycles. The first-order valence-electron chi connectivity index (χ1n) is 3.63. The summed E-state index contributed by atoms with van der Waals surface area (Å²) in [5.74, 6) is 0. The van der Waals surface area contributed by atoms with Crippen molar-refractivity contribution in [2.45, 2.75) is 24.0 Å². The first-order valence-corrected chi connectivity index (χ1v) is 3.63. The summed E-state index contributed by atoms with van der Waals surface area (Å²) in [5.41, 5.74) is -1.91. The summed E-state index contributed by atoms with van der Waals surface area (Å²) in [6.45, 7) is -1.14. The molecule has 1 aliphatic heterocycles. The van der Waals surface area contributed by atoms with Crippen LogP contribution in [0.5, 0.6) is 0 Å². The molecule has 72 valence electrons. The maximum atomic E-state index is 9.36. The van der Waals surface area contributed by atoms with Gasteiger partial charge in [-0.15, -0.1) is 0 Å². The minimum absolute atomic E-state index is 0.416. The Labute approximate surface area is 69.1 Å². The third-order valence-corrected chi connectivity index (χ3v) is 2.10. The number of rotatable bonds is 2. The molecular formula is C6H13NO5. The molecule has 1 heterocycles. The fraction of sp³-hybridized carbons (Fsp3) is 1.00. The summed E-state index contributed by atoms with van der Waals surface area (Å²) >= 11 is 0. The molecule has 0 spiro atoms. The van der Waals surface area contributed by atoms with Crippen LogP contribution in [0.1, 0.15) is 0 Å². The van der Waals surface area contributed by atoms with E-state index >= 15 is 0 Å². The van der Waals surface area contributed by atoms with Gasteiger partial charge in [-0.3, -0.25) is 5.32 Å². The van der Waals surface area contributed by atoms with Crippen molar-refractivity contribution in [1.29, 1.82) is 0 Å². The highest BCUT2D eigenvalue weighted by molar-refractivity contribution is 5.02. The van der Waals surface area contributed by atoms with Crippen LogP contribution in [0.4, 0.5) is 0 Å². The van der Waals surface area contributed by atoms with Crippen LogP contribution >= 0.6 is 0 Å². The van der Waals surface area contributed by atoms with Gasteiger partial charge in [-0.05, 0) is 0 Å². The Balaban J connectivity index is 2.72. The Morgan fingerprint density at radius 3 is 2.08 bits per heavy atom. The zero-order chi connectivity index (χ0) is 9.35. The SMILES string of the molecule is OC[C@H]1N[C@@](O)(CO)[C@@H](O)[C@@H]1O. The van der Waals surface area contributed by atoms with Crippen LogP contribution in [0.3, 0.4) is 0 Å². The van der Waals surface area contributed by atoms with Crippen LogP contribution < -0.4 is 5.32 Å². The van der Waals surface area contributed by atoms with Gasteiger partial charge in [-0.2, -0.15) is 0 Å². The third kappa shape index (κ3) is 1.33. The highest BCUT2D eigenvalue weighted by Gasteiger charge is 2.50. The summed E-state index contributed by atoms with van der Waals surface area (Å²) in [6, 6.07) is -0.808. The van der Waals surface area contributed by atoms with E-state index < -0.39 is 37.2 Å². The van der Waals surface area contributed by atoms with Gasteiger partial charge >= 0.3 is 0 Å². The van der Waals surface area contributed by atoms with Gasteiger partial charge in [0.15, 0.2) is 5.72 Å². The smallest absolute Gasteiger partial charge is 0.168 e. The Morgan fingerprint density at radius 1 is 1.25 bits per heavy atom. The third-order valence-electron chi connectivity index (χ3n) is 2.10. The van der Waals surface area contributed by atoms with E-state index in [-0.39, 0.29) is 0 Å². The fourth-order valence-electron chi connectivity index (χ4n) is 1.29. The zero-order valence-electron chi connectivity index (χ0n) is 6.38. The first-order chi connectivity index (χ1) is 5.55. The maximum Gasteiger partial charge on any atom is 0.168 e. The molecule has 6 N–H and O–H groups in total. The average Bonchev–Trinajstić information content (AvgIpc) is 2.31. The van der Waals surface area contributed by atoms with E-state index in [0.29, 0.717) is 0 Å². The molecule has 0 amide bonds. The van der Waals surface area contributed by atoms with Gasteiger partial charge in [-0.1, -0.05) is 0 Å². The molecule has 0 radical (unpaired) electrons. The summed E-state index contributed by atoms with van der Waals surface area (Å²) in [4.78, 5) is 0. The van der Waals surface area contributed by atoms with Crippen LogP contribution in [0, 0.1) is 0 Å². The van der Waals surface area contributed by atoms with E-state index in [2.05, 4.69) is 5.32 Å². The lowest BCUT2D eigenvalue weighted by Gasteiger charge is -2.24. The van der Waals surface area contributed by atoms with Crippen LogP contribution in [-0.4, -0.2) is 62.7 Å². The van der Waals surface area contributed by atoms with E-state index in [9.17, 15) is 15.3 Å². The number of aliphatic hydroxyl groups excluding tert-OH is 4. The second-order valence-corrected chi connectivity index (χ2v) is 2.95. The minimum atomic E-state index is -1.91. The molecule has 1 aliphatic rings. The largest absolute Gasteiger partial charge is 0.395 e. The van der Waals surface area contributed by atoms with Gasteiger partial charge in [0.05, 0.1) is 19.3 Å². The van der Waals surface area contributed by atoms with Gasteiger partial charge < -0.3 is 25.5 Å². The zero-order valence-corrected chi connectivity index (χ0v) is 6.38. The van der Waals surface area contributed by atoms with E-state index in [1.807, 2.05) is 0 Å². The quantitative estimate of drug-likeness (QED) is 0.260. The Kier molecular flexibility index (Phi) is 2.67. The molecule has 0 saturated carbocycles. The maximum absolute atomic E-state index is 9.36. The molecular weight excluding hydrogens is 166 g/mol. The number of nitrogens with one attached hydrogen (secondary N) is 1.